The highest BCUT2D eigenvalue weighted by atomic mass is 32.2. The van der Waals surface area contributed by atoms with Crippen LogP contribution < -0.4 is 19.1 Å². The second kappa shape index (κ2) is 12.3. The Kier molecular flexibility index (Phi) is 8.76. The minimum atomic E-state index is -3.96. The molecule has 42 heavy (non-hydrogen) atoms. The van der Waals surface area contributed by atoms with E-state index in [0.29, 0.717) is 30.3 Å². The van der Waals surface area contributed by atoms with Crippen LogP contribution in [0.25, 0.3) is 0 Å². The largest absolute Gasteiger partial charge is 0.492 e. The molecule has 1 N–H and O–H groups in total. The SMILES string of the molecule is Cc1ccc(S(=O)(=O)N2CC(C(=O)NCCOc3ccc(S(=O)(=O)N4CCCCC4)cc3)Oc3ccc(C)cc32)cc1. The lowest BCUT2D eigenvalue weighted by Crippen LogP contribution is -2.51. The summed E-state index contributed by atoms with van der Waals surface area (Å²) >= 11 is 0. The fourth-order valence-corrected chi connectivity index (χ4v) is 7.97. The van der Waals surface area contributed by atoms with Gasteiger partial charge in [0.1, 0.15) is 18.1 Å². The van der Waals surface area contributed by atoms with Crippen LogP contribution in [0.5, 0.6) is 11.5 Å². The van der Waals surface area contributed by atoms with Crippen LogP contribution in [0.3, 0.4) is 0 Å². The molecule has 1 saturated heterocycles. The number of sulfonamides is 2. The van der Waals surface area contributed by atoms with Crippen LogP contribution in [0, 0.1) is 13.8 Å². The van der Waals surface area contributed by atoms with Crippen LogP contribution in [0.4, 0.5) is 5.69 Å². The Hall–Kier alpha value is -3.61. The van der Waals surface area contributed by atoms with Crippen molar-refractivity contribution in [2.45, 2.75) is 49.0 Å². The van der Waals surface area contributed by atoms with E-state index in [-0.39, 0.29) is 29.5 Å². The molecular formula is C30H35N3O7S2. The van der Waals surface area contributed by atoms with Gasteiger partial charge >= 0.3 is 0 Å². The van der Waals surface area contributed by atoms with Crippen molar-refractivity contribution in [1.82, 2.24) is 9.62 Å². The minimum absolute atomic E-state index is 0.123. The Balaban J connectivity index is 1.20. The smallest absolute Gasteiger partial charge is 0.264 e. The van der Waals surface area contributed by atoms with Crippen LogP contribution in [-0.4, -0.2) is 65.9 Å². The van der Waals surface area contributed by atoms with E-state index in [0.717, 1.165) is 30.4 Å². The van der Waals surface area contributed by atoms with E-state index >= 15 is 0 Å². The van der Waals surface area contributed by atoms with Gasteiger partial charge in [0.2, 0.25) is 10.0 Å². The molecule has 5 rings (SSSR count). The highest BCUT2D eigenvalue weighted by Gasteiger charge is 2.37. The molecule has 0 aliphatic carbocycles. The van der Waals surface area contributed by atoms with Crippen molar-refractivity contribution in [2.24, 2.45) is 0 Å². The molecule has 0 aromatic heterocycles. The number of nitrogens with one attached hydrogen (secondary N) is 1. The number of anilines is 1. The maximum Gasteiger partial charge on any atom is 0.264 e. The first kappa shape index (κ1) is 29.9. The van der Waals surface area contributed by atoms with Crippen molar-refractivity contribution in [2.75, 3.05) is 37.1 Å². The Morgan fingerprint density at radius 1 is 0.857 bits per heavy atom. The summed E-state index contributed by atoms with van der Waals surface area (Å²) < 4.78 is 67.3. The molecule has 1 atom stereocenters. The molecule has 3 aromatic rings. The van der Waals surface area contributed by atoms with E-state index in [2.05, 4.69) is 5.32 Å². The minimum Gasteiger partial charge on any atom is -0.492 e. The molecule has 1 fully saturated rings. The van der Waals surface area contributed by atoms with Gasteiger partial charge in [0.15, 0.2) is 6.10 Å². The van der Waals surface area contributed by atoms with Gasteiger partial charge in [-0.05, 0) is 80.8 Å². The number of hydrogen-bond acceptors (Lipinski definition) is 7. The zero-order chi connectivity index (χ0) is 29.9. The molecule has 10 nitrogen and oxygen atoms in total. The summed E-state index contributed by atoms with van der Waals surface area (Å²) in [6.07, 6.45) is 1.70. The van der Waals surface area contributed by atoms with E-state index < -0.39 is 32.1 Å². The molecule has 0 saturated carbocycles. The van der Waals surface area contributed by atoms with Gasteiger partial charge < -0.3 is 14.8 Å². The number of rotatable bonds is 9. The van der Waals surface area contributed by atoms with Gasteiger partial charge in [0.05, 0.1) is 28.6 Å². The lowest BCUT2D eigenvalue weighted by Gasteiger charge is -2.35. The summed E-state index contributed by atoms with van der Waals surface area (Å²) in [6.45, 7) is 4.88. The normalized spacial score (nSPS) is 17.7. The Morgan fingerprint density at radius 2 is 1.48 bits per heavy atom. The quantitative estimate of drug-likeness (QED) is 0.366. The molecule has 0 spiro atoms. The van der Waals surface area contributed by atoms with E-state index in [1.54, 1.807) is 54.6 Å². The van der Waals surface area contributed by atoms with E-state index in [1.807, 2.05) is 13.8 Å². The molecule has 0 bridgehead atoms. The van der Waals surface area contributed by atoms with Crippen LogP contribution >= 0.6 is 0 Å². The van der Waals surface area contributed by atoms with Crippen molar-refractivity contribution in [3.8, 4) is 11.5 Å². The molecule has 2 aliphatic heterocycles. The summed E-state index contributed by atoms with van der Waals surface area (Å²) in [5.41, 5.74) is 2.18. The summed E-state index contributed by atoms with van der Waals surface area (Å²) in [5.74, 6) is 0.297. The molecule has 224 valence electrons. The number of carbonyl (C=O) groups is 1. The molecule has 3 aromatic carbocycles. The summed E-state index contributed by atoms with van der Waals surface area (Å²) in [6, 6.07) is 18.0. The van der Waals surface area contributed by atoms with E-state index in [9.17, 15) is 21.6 Å². The predicted octanol–water partition coefficient (Wildman–Crippen LogP) is 3.63. The van der Waals surface area contributed by atoms with Crippen LogP contribution in [-0.2, 0) is 24.8 Å². The summed E-state index contributed by atoms with van der Waals surface area (Å²) in [5, 5.41) is 2.75. The Labute approximate surface area is 247 Å². The topological polar surface area (TPSA) is 122 Å². The molecule has 1 unspecified atom stereocenters. The monoisotopic (exact) mass is 613 g/mol. The Morgan fingerprint density at radius 3 is 2.17 bits per heavy atom. The van der Waals surface area contributed by atoms with Crippen molar-refractivity contribution in [3.05, 3.63) is 77.9 Å². The van der Waals surface area contributed by atoms with Gasteiger partial charge in [-0.25, -0.2) is 16.8 Å². The number of amides is 1. The first-order chi connectivity index (χ1) is 20.1. The maximum absolute atomic E-state index is 13.6. The van der Waals surface area contributed by atoms with Crippen molar-refractivity contribution in [1.29, 1.82) is 0 Å². The van der Waals surface area contributed by atoms with Crippen molar-refractivity contribution >= 4 is 31.6 Å². The van der Waals surface area contributed by atoms with Gasteiger partial charge in [0.25, 0.3) is 15.9 Å². The number of benzene rings is 3. The van der Waals surface area contributed by atoms with Gasteiger partial charge in [-0.1, -0.05) is 30.2 Å². The van der Waals surface area contributed by atoms with Crippen molar-refractivity contribution in [3.63, 3.8) is 0 Å². The van der Waals surface area contributed by atoms with E-state index in [1.165, 1.54) is 20.7 Å². The van der Waals surface area contributed by atoms with Gasteiger partial charge in [-0.3, -0.25) is 9.10 Å². The average Bonchev–Trinajstić information content (AvgIpc) is 2.99. The molecular weight excluding hydrogens is 578 g/mol. The van der Waals surface area contributed by atoms with E-state index in [4.69, 9.17) is 9.47 Å². The van der Waals surface area contributed by atoms with Crippen molar-refractivity contribution < 1.29 is 31.1 Å². The standard InChI is InChI=1S/C30H35N3O7S2/c1-22-6-11-26(12-7-22)42(37,38)33-21-29(40-28-15-8-23(2)20-27(28)33)30(34)31-16-19-39-24-9-13-25(14-10-24)41(35,36)32-17-4-3-5-18-32/h6-15,20,29H,3-5,16-19,21H2,1-2H3,(H,31,34). The highest BCUT2D eigenvalue weighted by Crippen LogP contribution is 2.37. The highest BCUT2D eigenvalue weighted by molar-refractivity contribution is 7.92. The number of carbonyl (C=O) groups excluding carboxylic acids is 1. The maximum atomic E-state index is 13.6. The third kappa shape index (κ3) is 6.40. The lowest BCUT2D eigenvalue weighted by atomic mass is 10.1. The lowest BCUT2D eigenvalue weighted by molar-refractivity contribution is -0.127. The zero-order valence-electron chi connectivity index (χ0n) is 23.7. The average molecular weight is 614 g/mol. The summed E-state index contributed by atoms with van der Waals surface area (Å²) in [4.78, 5) is 13.4. The fraction of sp³-hybridized carbons (Fsp3) is 0.367. The van der Waals surface area contributed by atoms with Gasteiger partial charge in [0, 0.05) is 13.1 Å². The number of aryl methyl sites for hydroxylation is 2. The van der Waals surface area contributed by atoms with Crippen LogP contribution in [0.1, 0.15) is 30.4 Å². The second-order valence-corrected chi connectivity index (χ2v) is 14.3. The summed E-state index contributed by atoms with van der Waals surface area (Å²) in [7, 11) is -7.48. The third-order valence-corrected chi connectivity index (χ3v) is 11.0. The first-order valence-electron chi connectivity index (χ1n) is 13.9. The van der Waals surface area contributed by atoms with Crippen LogP contribution in [0.15, 0.2) is 76.5 Å². The first-order valence-corrected chi connectivity index (χ1v) is 16.8. The molecule has 12 heteroatoms. The zero-order valence-corrected chi connectivity index (χ0v) is 25.3. The predicted molar refractivity (Wildman–Crippen MR) is 159 cm³/mol. The molecule has 1 amide bonds. The third-order valence-electron chi connectivity index (χ3n) is 7.33. The Bertz CT molecular complexity index is 1640. The number of nitrogens with zero attached hydrogens (tertiary/aromatic N) is 2. The fourth-order valence-electron chi connectivity index (χ4n) is 4.98. The molecule has 2 aliphatic rings. The molecule has 0 radical (unpaired) electrons. The van der Waals surface area contributed by atoms with Gasteiger partial charge in [-0.2, -0.15) is 4.31 Å². The van der Waals surface area contributed by atoms with Crippen LogP contribution in [0.2, 0.25) is 0 Å². The number of hydrogen-bond donors (Lipinski definition) is 1. The number of ether oxygens (including phenoxy) is 2. The van der Waals surface area contributed by atoms with Gasteiger partial charge in [-0.15, -0.1) is 0 Å². The number of fused-ring (bicyclic) bond motifs is 1. The number of piperidine rings is 1. The second-order valence-electron chi connectivity index (χ2n) is 10.5. The molecule has 2 heterocycles.